The molecule has 2 unspecified atom stereocenters. The summed E-state index contributed by atoms with van der Waals surface area (Å²) < 4.78 is 5.14. The van der Waals surface area contributed by atoms with E-state index in [4.69, 9.17) is 9.84 Å². The number of aliphatic hydroxyl groups excluding tert-OH is 1. The number of unbranched alkanes of at least 4 members (excludes halogenated alkanes) is 3. The van der Waals surface area contributed by atoms with Crippen LogP contribution in [0.2, 0.25) is 0 Å². The number of aliphatic hydroxyl groups is 1. The summed E-state index contributed by atoms with van der Waals surface area (Å²) in [5, 5.41) is 8.66. The monoisotopic (exact) mass is 170 g/mol. The number of rotatable bonds is 6. The van der Waals surface area contributed by atoms with Crippen LogP contribution in [-0.2, 0) is 4.74 Å². The zero-order valence-corrected chi connectivity index (χ0v) is 7.70. The molecule has 1 aliphatic heterocycles. The third-order valence-corrected chi connectivity index (χ3v) is 2.10. The maximum absolute atomic E-state index is 8.66. The minimum atomic E-state index is 0.0902. The van der Waals surface area contributed by atoms with E-state index < -0.39 is 0 Å². The zero-order valence-electron chi connectivity index (χ0n) is 7.70. The van der Waals surface area contributed by atoms with Gasteiger partial charge in [-0.15, -0.1) is 0 Å². The zero-order chi connectivity index (χ0) is 8.81. The van der Waals surface area contributed by atoms with Crippen molar-refractivity contribution >= 4 is 0 Å². The molecule has 0 spiro atoms. The van der Waals surface area contributed by atoms with E-state index in [9.17, 15) is 0 Å². The molecule has 0 radical (unpaired) electrons. The molecule has 0 aliphatic carbocycles. The van der Waals surface area contributed by atoms with Crippen molar-refractivity contribution in [2.75, 3.05) is 6.61 Å². The molecule has 0 bridgehead atoms. The minimum absolute atomic E-state index is 0.0902. The quantitative estimate of drug-likeness (QED) is 0.375. The smallest absolute Gasteiger partial charge is 0.111 e. The van der Waals surface area contributed by atoms with Gasteiger partial charge in [0.15, 0.2) is 0 Å². The van der Waals surface area contributed by atoms with Crippen molar-refractivity contribution in [3.8, 4) is 0 Å². The van der Waals surface area contributed by atoms with Crippen molar-refractivity contribution in [1.29, 1.82) is 0 Å². The SMILES string of the molecule is CCCCCC=CC1OC1CO. The molecule has 2 nitrogen and oxygen atoms in total. The number of epoxide rings is 1. The third kappa shape index (κ3) is 3.37. The van der Waals surface area contributed by atoms with Gasteiger partial charge in [-0.3, -0.25) is 0 Å². The van der Waals surface area contributed by atoms with Gasteiger partial charge in [0.05, 0.1) is 6.61 Å². The molecule has 1 heterocycles. The topological polar surface area (TPSA) is 32.8 Å². The number of hydrogen-bond donors (Lipinski definition) is 1. The molecule has 1 saturated heterocycles. The molecule has 0 amide bonds. The van der Waals surface area contributed by atoms with Gasteiger partial charge < -0.3 is 9.84 Å². The summed E-state index contributed by atoms with van der Waals surface area (Å²) in [7, 11) is 0. The molecule has 12 heavy (non-hydrogen) atoms. The average molecular weight is 170 g/mol. The van der Waals surface area contributed by atoms with Crippen LogP contribution in [-0.4, -0.2) is 23.9 Å². The Hall–Kier alpha value is -0.340. The lowest BCUT2D eigenvalue weighted by molar-refractivity contribution is 0.243. The van der Waals surface area contributed by atoms with Gasteiger partial charge in [-0.25, -0.2) is 0 Å². The molecule has 0 aromatic carbocycles. The van der Waals surface area contributed by atoms with Gasteiger partial charge in [-0.05, 0) is 12.8 Å². The molecule has 1 aliphatic rings. The number of hydrogen-bond acceptors (Lipinski definition) is 2. The summed E-state index contributed by atoms with van der Waals surface area (Å²) in [5.41, 5.74) is 0. The lowest BCUT2D eigenvalue weighted by Gasteiger charge is -1.90. The van der Waals surface area contributed by atoms with Crippen LogP contribution in [0.1, 0.15) is 32.6 Å². The van der Waals surface area contributed by atoms with Crippen LogP contribution in [0.4, 0.5) is 0 Å². The third-order valence-electron chi connectivity index (χ3n) is 2.10. The Balaban J connectivity index is 1.93. The largest absolute Gasteiger partial charge is 0.394 e. The second kappa shape index (κ2) is 5.33. The number of ether oxygens (including phenoxy) is 1. The fourth-order valence-electron chi connectivity index (χ4n) is 1.22. The van der Waals surface area contributed by atoms with Crippen molar-refractivity contribution in [2.45, 2.75) is 44.8 Å². The summed E-state index contributed by atoms with van der Waals surface area (Å²) in [6.45, 7) is 2.36. The molecule has 2 heteroatoms. The first-order valence-corrected chi connectivity index (χ1v) is 4.81. The lowest BCUT2D eigenvalue weighted by Crippen LogP contribution is -1.95. The van der Waals surface area contributed by atoms with Crippen LogP contribution >= 0.6 is 0 Å². The predicted octanol–water partition coefficient (Wildman–Crippen LogP) is 1.88. The van der Waals surface area contributed by atoms with Gasteiger partial charge in [-0.2, -0.15) is 0 Å². The van der Waals surface area contributed by atoms with Gasteiger partial charge >= 0.3 is 0 Å². The standard InChI is InChI=1S/C10H18O2/c1-2-3-4-5-6-7-9-10(8-11)12-9/h6-7,9-11H,2-5,8H2,1H3. The molecule has 0 aromatic heterocycles. The summed E-state index contributed by atoms with van der Waals surface area (Å²) in [6.07, 6.45) is 9.51. The van der Waals surface area contributed by atoms with Crippen LogP contribution in [0.25, 0.3) is 0 Å². The highest BCUT2D eigenvalue weighted by Gasteiger charge is 2.35. The minimum Gasteiger partial charge on any atom is -0.394 e. The van der Waals surface area contributed by atoms with E-state index >= 15 is 0 Å². The maximum atomic E-state index is 8.66. The van der Waals surface area contributed by atoms with Gasteiger partial charge in [0, 0.05) is 0 Å². The fraction of sp³-hybridized carbons (Fsp3) is 0.800. The van der Waals surface area contributed by atoms with Gasteiger partial charge in [-0.1, -0.05) is 31.9 Å². The van der Waals surface area contributed by atoms with Crippen molar-refractivity contribution in [3.63, 3.8) is 0 Å². The van der Waals surface area contributed by atoms with E-state index in [1.165, 1.54) is 19.3 Å². The first kappa shape index (κ1) is 9.75. The Morgan fingerprint density at radius 3 is 2.83 bits per heavy atom. The van der Waals surface area contributed by atoms with Crippen LogP contribution in [0, 0.1) is 0 Å². The highest BCUT2D eigenvalue weighted by atomic mass is 16.6. The Morgan fingerprint density at radius 1 is 1.42 bits per heavy atom. The molecule has 0 aromatic rings. The molecule has 1 fully saturated rings. The lowest BCUT2D eigenvalue weighted by atomic mass is 10.2. The van der Waals surface area contributed by atoms with E-state index in [1.54, 1.807) is 0 Å². The molecular weight excluding hydrogens is 152 g/mol. The average Bonchev–Trinajstić information content (AvgIpc) is 2.83. The second-order valence-corrected chi connectivity index (χ2v) is 3.25. The van der Waals surface area contributed by atoms with Crippen LogP contribution in [0.5, 0.6) is 0 Å². The van der Waals surface area contributed by atoms with E-state index in [-0.39, 0.29) is 18.8 Å². The van der Waals surface area contributed by atoms with Crippen molar-refractivity contribution in [3.05, 3.63) is 12.2 Å². The fourth-order valence-corrected chi connectivity index (χ4v) is 1.22. The summed E-state index contributed by atoms with van der Waals surface area (Å²) in [4.78, 5) is 0. The van der Waals surface area contributed by atoms with Gasteiger partial charge in [0.1, 0.15) is 12.2 Å². The van der Waals surface area contributed by atoms with E-state index in [0.717, 1.165) is 6.42 Å². The molecule has 0 saturated carbocycles. The molecule has 1 N–H and O–H groups in total. The van der Waals surface area contributed by atoms with Crippen LogP contribution in [0.15, 0.2) is 12.2 Å². The summed E-state index contributed by atoms with van der Waals surface area (Å²) in [5.74, 6) is 0. The summed E-state index contributed by atoms with van der Waals surface area (Å²) >= 11 is 0. The van der Waals surface area contributed by atoms with Gasteiger partial charge in [0.25, 0.3) is 0 Å². The Labute approximate surface area is 74.2 Å². The van der Waals surface area contributed by atoms with Crippen molar-refractivity contribution in [2.24, 2.45) is 0 Å². The molecular formula is C10H18O2. The Kier molecular flexibility index (Phi) is 4.33. The Morgan fingerprint density at radius 2 is 2.25 bits per heavy atom. The van der Waals surface area contributed by atoms with E-state index in [1.807, 2.05) is 0 Å². The van der Waals surface area contributed by atoms with E-state index in [0.29, 0.717) is 0 Å². The van der Waals surface area contributed by atoms with E-state index in [2.05, 4.69) is 19.1 Å². The highest BCUT2D eigenvalue weighted by Crippen LogP contribution is 2.22. The Bertz CT molecular complexity index is 143. The second-order valence-electron chi connectivity index (χ2n) is 3.25. The first-order chi connectivity index (χ1) is 5.88. The van der Waals surface area contributed by atoms with Gasteiger partial charge in [0.2, 0.25) is 0 Å². The van der Waals surface area contributed by atoms with Crippen LogP contribution in [0.3, 0.4) is 0 Å². The predicted molar refractivity (Wildman–Crippen MR) is 49.0 cm³/mol. The molecule has 1 rings (SSSR count). The normalized spacial score (nSPS) is 28.2. The maximum Gasteiger partial charge on any atom is 0.111 e. The summed E-state index contributed by atoms with van der Waals surface area (Å²) in [6, 6.07) is 0. The molecule has 2 atom stereocenters. The molecule has 70 valence electrons. The number of allylic oxidation sites excluding steroid dienone is 1. The van der Waals surface area contributed by atoms with Crippen molar-refractivity contribution in [1.82, 2.24) is 0 Å². The highest BCUT2D eigenvalue weighted by molar-refractivity contribution is 5.02. The van der Waals surface area contributed by atoms with Crippen LogP contribution < -0.4 is 0 Å². The first-order valence-electron chi connectivity index (χ1n) is 4.81. The van der Waals surface area contributed by atoms with Crippen molar-refractivity contribution < 1.29 is 9.84 Å².